The Bertz CT molecular complexity index is 660. The molecule has 0 atom stereocenters. The number of carbonyl (C=O) groups excluding carboxylic acids is 1. The molecule has 0 fully saturated rings. The summed E-state index contributed by atoms with van der Waals surface area (Å²) in [6.45, 7) is 0. The van der Waals surface area contributed by atoms with Crippen molar-refractivity contribution in [1.29, 1.82) is 0 Å². The minimum absolute atomic E-state index is 0.0809. The van der Waals surface area contributed by atoms with Crippen molar-refractivity contribution in [3.8, 4) is 5.75 Å². The number of Topliss-reactive ketones (excluding diaryl/α,β-unsaturated/α-hetero) is 1. The third kappa shape index (κ3) is 3.21. The number of hydrogen-bond donors (Lipinski definition) is 2. The molecule has 0 heterocycles. The molecule has 0 saturated carbocycles. The fourth-order valence-corrected chi connectivity index (χ4v) is 2.23. The van der Waals surface area contributed by atoms with Gasteiger partial charge >= 0.3 is 6.18 Å². The van der Waals surface area contributed by atoms with Gasteiger partial charge in [-0.05, 0) is 42.2 Å². The molecule has 0 saturated heterocycles. The zero-order chi connectivity index (χ0) is 15.8. The number of phenols is 1. The van der Waals surface area contributed by atoms with Gasteiger partial charge in [0.05, 0.1) is 5.02 Å². The number of aliphatic hydroxyl groups is 1. The first-order valence-electron chi connectivity index (χ1n) is 5.93. The maximum absolute atomic E-state index is 12.4. The number of hydrogen-bond acceptors (Lipinski definition) is 3. The predicted octanol–water partition coefficient (Wildman–Crippen LogP) is 4.17. The zero-order valence-electron chi connectivity index (χ0n) is 10.5. The van der Waals surface area contributed by atoms with Crippen molar-refractivity contribution < 1.29 is 28.2 Å². The third-order valence-electron chi connectivity index (χ3n) is 3.08. The standard InChI is InChI=1S/C14H10ClF3O3/c15-10-6-7(1-4-11(10)19)5-8-2-3-9(12(8)20)13(21)14(16,17)18/h1,4-6,19-20H,2-3H2/b8-5+. The summed E-state index contributed by atoms with van der Waals surface area (Å²) in [5.74, 6) is -2.79. The summed E-state index contributed by atoms with van der Waals surface area (Å²) in [6.07, 6.45) is -3.61. The van der Waals surface area contributed by atoms with Crippen molar-refractivity contribution in [3.63, 3.8) is 0 Å². The van der Waals surface area contributed by atoms with Gasteiger partial charge in [-0.25, -0.2) is 0 Å². The zero-order valence-corrected chi connectivity index (χ0v) is 11.3. The molecule has 0 radical (unpaired) electrons. The number of carbonyl (C=O) groups is 1. The smallest absolute Gasteiger partial charge is 0.454 e. The van der Waals surface area contributed by atoms with Crippen LogP contribution in [0.15, 0.2) is 35.1 Å². The number of ketones is 1. The van der Waals surface area contributed by atoms with Gasteiger partial charge in [0.25, 0.3) is 5.78 Å². The molecule has 0 aliphatic heterocycles. The van der Waals surface area contributed by atoms with E-state index in [1.54, 1.807) is 0 Å². The number of halogens is 4. The third-order valence-corrected chi connectivity index (χ3v) is 3.38. The molecule has 3 nitrogen and oxygen atoms in total. The van der Waals surface area contributed by atoms with Crippen LogP contribution in [-0.2, 0) is 4.79 Å². The molecule has 0 spiro atoms. The van der Waals surface area contributed by atoms with Gasteiger partial charge in [0.15, 0.2) is 0 Å². The van der Waals surface area contributed by atoms with Crippen LogP contribution in [-0.4, -0.2) is 22.2 Å². The van der Waals surface area contributed by atoms with Crippen LogP contribution in [0, 0.1) is 0 Å². The van der Waals surface area contributed by atoms with E-state index in [1.165, 1.54) is 24.3 Å². The fraction of sp³-hybridized carbons (Fsp3) is 0.214. The van der Waals surface area contributed by atoms with E-state index in [0.717, 1.165) is 0 Å². The Morgan fingerprint density at radius 3 is 2.48 bits per heavy atom. The van der Waals surface area contributed by atoms with E-state index >= 15 is 0 Å². The molecule has 1 aromatic rings. The summed E-state index contributed by atoms with van der Waals surface area (Å²) in [5.41, 5.74) is 0.100. The molecule has 0 unspecified atom stereocenters. The van der Waals surface area contributed by atoms with E-state index in [0.29, 0.717) is 5.56 Å². The molecule has 7 heteroatoms. The van der Waals surface area contributed by atoms with Gasteiger partial charge in [0, 0.05) is 5.57 Å². The number of aliphatic hydroxyl groups excluding tert-OH is 1. The largest absolute Gasteiger partial charge is 0.507 e. The van der Waals surface area contributed by atoms with Crippen molar-refractivity contribution in [2.45, 2.75) is 19.0 Å². The summed E-state index contributed by atoms with van der Waals surface area (Å²) in [7, 11) is 0. The number of phenolic OH excluding ortho intramolecular Hbond substituents is 1. The van der Waals surface area contributed by atoms with E-state index < -0.39 is 23.3 Å². The Kier molecular flexibility index (Phi) is 4.00. The van der Waals surface area contributed by atoms with Crippen LogP contribution in [0.4, 0.5) is 13.2 Å². The normalized spacial score (nSPS) is 17.6. The lowest BCUT2D eigenvalue weighted by Gasteiger charge is -2.05. The van der Waals surface area contributed by atoms with Crippen LogP contribution in [0.25, 0.3) is 6.08 Å². The summed E-state index contributed by atoms with van der Waals surface area (Å²) >= 11 is 5.72. The SMILES string of the molecule is O=C(C1=C(O)/C(=C/c2ccc(O)c(Cl)c2)CC1)C(F)(F)F. The number of aromatic hydroxyl groups is 1. The average molecular weight is 319 g/mol. The highest BCUT2D eigenvalue weighted by molar-refractivity contribution is 6.32. The molecule has 1 aromatic carbocycles. The van der Waals surface area contributed by atoms with Crippen LogP contribution in [0.3, 0.4) is 0 Å². The summed E-state index contributed by atoms with van der Waals surface area (Å²) in [5, 5.41) is 19.1. The maximum atomic E-state index is 12.4. The van der Waals surface area contributed by atoms with Crippen LogP contribution >= 0.6 is 11.6 Å². The second-order valence-corrected chi connectivity index (χ2v) is 4.94. The predicted molar refractivity (Wildman–Crippen MR) is 71.0 cm³/mol. The second-order valence-electron chi connectivity index (χ2n) is 4.53. The number of alkyl halides is 3. The van der Waals surface area contributed by atoms with Crippen molar-refractivity contribution in [2.75, 3.05) is 0 Å². The van der Waals surface area contributed by atoms with E-state index in [-0.39, 0.29) is 29.2 Å². The van der Waals surface area contributed by atoms with Gasteiger partial charge in [0.2, 0.25) is 0 Å². The Balaban J connectivity index is 2.34. The highest BCUT2D eigenvalue weighted by Gasteiger charge is 2.43. The molecular formula is C14H10ClF3O3. The Morgan fingerprint density at radius 1 is 1.24 bits per heavy atom. The van der Waals surface area contributed by atoms with Gasteiger partial charge in [-0.2, -0.15) is 13.2 Å². The van der Waals surface area contributed by atoms with E-state index in [1.807, 2.05) is 0 Å². The first kappa shape index (κ1) is 15.4. The highest BCUT2D eigenvalue weighted by Crippen LogP contribution is 2.36. The highest BCUT2D eigenvalue weighted by atomic mass is 35.5. The summed E-state index contributed by atoms with van der Waals surface area (Å²) in [6, 6.07) is 4.22. The molecule has 2 N–H and O–H groups in total. The first-order chi connectivity index (χ1) is 9.70. The van der Waals surface area contributed by atoms with Crippen molar-refractivity contribution in [2.24, 2.45) is 0 Å². The van der Waals surface area contributed by atoms with Gasteiger partial charge < -0.3 is 10.2 Å². The minimum atomic E-state index is -5.00. The average Bonchev–Trinajstić information content (AvgIpc) is 2.73. The Labute approximate surface area is 123 Å². The van der Waals surface area contributed by atoms with Gasteiger partial charge in [0.1, 0.15) is 11.5 Å². The molecular weight excluding hydrogens is 309 g/mol. The van der Waals surface area contributed by atoms with Crippen molar-refractivity contribution in [3.05, 3.63) is 45.7 Å². The Morgan fingerprint density at radius 2 is 1.90 bits per heavy atom. The van der Waals surface area contributed by atoms with Gasteiger partial charge in [-0.15, -0.1) is 0 Å². The van der Waals surface area contributed by atoms with Gasteiger partial charge in [-0.1, -0.05) is 17.7 Å². The van der Waals surface area contributed by atoms with E-state index in [4.69, 9.17) is 11.6 Å². The fourth-order valence-electron chi connectivity index (χ4n) is 2.04. The van der Waals surface area contributed by atoms with Crippen LogP contribution < -0.4 is 0 Å². The molecule has 2 rings (SSSR count). The van der Waals surface area contributed by atoms with Crippen LogP contribution in [0.5, 0.6) is 5.75 Å². The number of allylic oxidation sites excluding steroid dienone is 2. The number of benzene rings is 1. The van der Waals surface area contributed by atoms with Crippen LogP contribution in [0.1, 0.15) is 18.4 Å². The number of rotatable bonds is 2. The molecule has 112 valence electrons. The first-order valence-corrected chi connectivity index (χ1v) is 6.31. The maximum Gasteiger partial charge on any atom is 0.454 e. The molecule has 0 amide bonds. The quantitative estimate of drug-likeness (QED) is 0.860. The lowest BCUT2D eigenvalue weighted by molar-refractivity contribution is -0.166. The molecule has 0 aromatic heterocycles. The minimum Gasteiger partial charge on any atom is -0.507 e. The van der Waals surface area contributed by atoms with Crippen molar-refractivity contribution in [1.82, 2.24) is 0 Å². The van der Waals surface area contributed by atoms with Crippen molar-refractivity contribution >= 4 is 23.5 Å². The molecule has 21 heavy (non-hydrogen) atoms. The van der Waals surface area contributed by atoms with E-state index in [9.17, 15) is 28.2 Å². The molecule has 1 aliphatic carbocycles. The monoisotopic (exact) mass is 318 g/mol. The van der Waals surface area contributed by atoms with E-state index in [2.05, 4.69) is 0 Å². The van der Waals surface area contributed by atoms with Crippen LogP contribution in [0.2, 0.25) is 5.02 Å². The second kappa shape index (κ2) is 5.44. The van der Waals surface area contributed by atoms with Gasteiger partial charge in [-0.3, -0.25) is 4.79 Å². The summed E-state index contributed by atoms with van der Waals surface area (Å²) < 4.78 is 37.1. The molecule has 1 aliphatic rings. The molecule has 0 bridgehead atoms. The lowest BCUT2D eigenvalue weighted by atomic mass is 10.1. The topological polar surface area (TPSA) is 57.5 Å². The lowest BCUT2D eigenvalue weighted by Crippen LogP contribution is -2.24. The Hall–Kier alpha value is -1.95. The summed E-state index contributed by atoms with van der Waals surface area (Å²) in [4.78, 5) is 11.1.